The van der Waals surface area contributed by atoms with Gasteiger partial charge in [-0.3, -0.25) is 4.98 Å². The molecule has 2 aromatic rings. The molecule has 1 aliphatic heterocycles. The highest BCUT2D eigenvalue weighted by molar-refractivity contribution is 7.99. The normalized spacial score (nSPS) is 13.3. The van der Waals surface area contributed by atoms with E-state index in [-0.39, 0.29) is 0 Å². The van der Waals surface area contributed by atoms with Gasteiger partial charge < -0.3 is 15.2 Å². The number of anilines is 1. The van der Waals surface area contributed by atoms with Crippen molar-refractivity contribution >= 4 is 17.4 Å². The van der Waals surface area contributed by atoms with Gasteiger partial charge in [0.05, 0.1) is 6.20 Å². The first-order valence-electron chi connectivity index (χ1n) is 5.46. The molecule has 2 N–H and O–H groups in total. The summed E-state index contributed by atoms with van der Waals surface area (Å²) >= 11 is 1.45. The highest BCUT2D eigenvalue weighted by Gasteiger charge is 2.15. The molecule has 18 heavy (non-hydrogen) atoms. The van der Waals surface area contributed by atoms with E-state index in [2.05, 4.69) is 9.97 Å². The SMILES string of the molecule is Nc1cc2c(cc1Sc1cnccn1)OCCO2. The van der Waals surface area contributed by atoms with Crippen LogP contribution in [0.1, 0.15) is 0 Å². The van der Waals surface area contributed by atoms with Crippen LogP contribution in [-0.4, -0.2) is 23.2 Å². The molecule has 1 aromatic heterocycles. The van der Waals surface area contributed by atoms with Crippen molar-refractivity contribution in [3.8, 4) is 11.5 Å². The molecule has 0 saturated carbocycles. The lowest BCUT2D eigenvalue weighted by molar-refractivity contribution is 0.171. The second-order valence-electron chi connectivity index (χ2n) is 3.68. The molecular weight excluding hydrogens is 250 g/mol. The Bertz CT molecular complexity index is 563. The Labute approximate surface area is 108 Å². The summed E-state index contributed by atoms with van der Waals surface area (Å²) in [5, 5.41) is 0.792. The first kappa shape index (κ1) is 11.2. The van der Waals surface area contributed by atoms with E-state index in [0.717, 1.165) is 15.7 Å². The predicted octanol–water partition coefficient (Wildman–Crippen LogP) is 1.98. The fourth-order valence-electron chi connectivity index (χ4n) is 1.63. The van der Waals surface area contributed by atoms with Crippen molar-refractivity contribution in [1.82, 2.24) is 9.97 Å². The predicted molar refractivity (Wildman–Crippen MR) is 68.0 cm³/mol. The van der Waals surface area contributed by atoms with E-state index in [4.69, 9.17) is 15.2 Å². The average Bonchev–Trinajstić information content (AvgIpc) is 2.41. The lowest BCUT2D eigenvalue weighted by Gasteiger charge is -2.19. The van der Waals surface area contributed by atoms with Crippen molar-refractivity contribution in [3.05, 3.63) is 30.7 Å². The summed E-state index contributed by atoms with van der Waals surface area (Å²) in [6.07, 6.45) is 4.98. The van der Waals surface area contributed by atoms with Gasteiger partial charge >= 0.3 is 0 Å². The van der Waals surface area contributed by atoms with Crippen molar-refractivity contribution in [2.75, 3.05) is 18.9 Å². The van der Waals surface area contributed by atoms with Crippen molar-refractivity contribution in [2.24, 2.45) is 0 Å². The minimum Gasteiger partial charge on any atom is -0.486 e. The number of aromatic nitrogens is 2. The summed E-state index contributed by atoms with van der Waals surface area (Å²) in [4.78, 5) is 9.11. The Balaban J connectivity index is 1.92. The topological polar surface area (TPSA) is 70.3 Å². The summed E-state index contributed by atoms with van der Waals surface area (Å²) < 4.78 is 11.0. The summed E-state index contributed by atoms with van der Waals surface area (Å²) in [5.74, 6) is 1.42. The summed E-state index contributed by atoms with van der Waals surface area (Å²) in [6, 6.07) is 3.66. The first-order valence-corrected chi connectivity index (χ1v) is 6.27. The van der Waals surface area contributed by atoms with Gasteiger partial charge in [-0.15, -0.1) is 0 Å². The molecule has 0 saturated heterocycles. The zero-order valence-corrected chi connectivity index (χ0v) is 10.3. The molecule has 1 aromatic carbocycles. The Morgan fingerprint density at radius 3 is 2.61 bits per heavy atom. The van der Waals surface area contributed by atoms with E-state index in [9.17, 15) is 0 Å². The van der Waals surface area contributed by atoms with Crippen LogP contribution in [-0.2, 0) is 0 Å². The lowest BCUT2D eigenvalue weighted by Crippen LogP contribution is -2.15. The number of hydrogen-bond donors (Lipinski definition) is 1. The minimum atomic E-state index is 0.559. The highest BCUT2D eigenvalue weighted by Crippen LogP contribution is 2.40. The van der Waals surface area contributed by atoms with Gasteiger partial charge in [0.1, 0.15) is 18.2 Å². The van der Waals surface area contributed by atoms with Gasteiger partial charge in [0.15, 0.2) is 11.5 Å². The molecule has 0 radical (unpaired) electrons. The second-order valence-corrected chi connectivity index (χ2v) is 4.74. The molecule has 1 aliphatic rings. The Morgan fingerprint density at radius 2 is 1.89 bits per heavy atom. The molecule has 0 fully saturated rings. The highest BCUT2D eigenvalue weighted by atomic mass is 32.2. The van der Waals surface area contributed by atoms with Crippen LogP contribution >= 0.6 is 11.8 Å². The smallest absolute Gasteiger partial charge is 0.163 e. The first-order chi connectivity index (χ1) is 8.83. The molecule has 0 atom stereocenters. The average molecular weight is 261 g/mol. The number of benzene rings is 1. The van der Waals surface area contributed by atoms with Gasteiger partial charge in [-0.25, -0.2) is 4.98 Å². The Kier molecular flexibility index (Phi) is 2.93. The fourth-order valence-corrected chi connectivity index (χ4v) is 2.42. The Morgan fingerprint density at radius 1 is 1.11 bits per heavy atom. The molecule has 0 aliphatic carbocycles. The molecule has 3 rings (SSSR count). The van der Waals surface area contributed by atoms with E-state index in [1.54, 1.807) is 24.7 Å². The lowest BCUT2D eigenvalue weighted by atomic mass is 10.2. The van der Waals surface area contributed by atoms with E-state index in [0.29, 0.717) is 24.7 Å². The summed E-state index contributed by atoms with van der Waals surface area (Å²) in [5.41, 5.74) is 6.64. The van der Waals surface area contributed by atoms with Gasteiger partial charge in [0.25, 0.3) is 0 Å². The number of ether oxygens (including phenoxy) is 2. The van der Waals surface area contributed by atoms with E-state index >= 15 is 0 Å². The molecule has 0 spiro atoms. The number of nitrogen functional groups attached to an aromatic ring is 1. The number of hydrogen-bond acceptors (Lipinski definition) is 6. The number of rotatable bonds is 2. The number of nitrogens with zero attached hydrogens (tertiary/aromatic N) is 2. The number of fused-ring (bicyclic) bond motifs is 1. The van der Waals surface area contributed by atoms with Crippen LogP contribution in [0, 0.1) is 0 Å². The van der Waals surface area contributed by atoms with Gasteiger partial charge in [-0.1, -0.05) is 11.8 Å². The van der Waals surface area contributed by atoms with E-state index in [1.807, 2.05) is 6.07 Å². The molecule has 0 bridgehead atoms. The van der Waals surface area contributed by atoms with Crippen molar-refractivity contribution < 1.29 is 9.47 Å². The van der Waals surface area contributed by atoms with Gasteiger partial charge in [-0.05, 0) is 0 Å². The third kappa shape index (κ3) is 2.19. The maximum absolute atomic E-state index is 5.99. The molecule has 5 nitrogen and oxygen atoms in total. The second kappa shape index (κ2) is 4.73. The monoisotopic (exact) mass is 261 g/mol. The van der Waals surface area contributed by atoms with Crippen LogP contribution in [0.4, 0.5) is 5.69 Å². The van der Waals surface area contributed by atoms with E-state index in [1.165, 1.54) is 11.8 Å². The molecule has 92 valence electrons. The molecule has 6 heteroatoms. The molecule has 2 heterocycles. The Hall–Kier alpha value is -1.95. The zero-order valence-electron chi connectivity index (χ0n) is 9.50. The molecule has 0 unspecified atom stereocenters. The van der Waals surface area contributed by atoms with E-state index < -0.39 is 0 Å². The summed E-state index contributed by atoms with van der Waals surface area (Å²) in [7, 11) is 0. The molecule has 0 amide bonds. The molecular formula is C12H11N3O2S. The zero-order chi connectivity index (χ0) is 12.4. The van der Waals surface area contributed by atoms with Crippen molar-refractivity contribution in [1.29, 1.82) is 0 Å². The maximum Gasteiger partial charge on any atom is 0.163 e. The van der Waals surface area contributed by atoms with Gasteiger partial charge in [-0.2, -0.15) is 0 Å². The third-order valence-electron chi connectivity index (χ3n) is 2.43. The van der Waals surface area contributed by atoms with Gasteiger partial charge in [0.2, 0.25) is 0 Å². The van der Waals surface area contributed by atoms with Crippen LogP contribution in [0.25, 0.3) is 0 Å². The standard InChI is InChI=1S/C12H11N3O2S/c13-8-5-9-10(17-4-3-16-9)6-11(8)18-12-7-14-1-2-15-12/h1-2,5-7H,3-4,13H2. The van der Waals surface area contributed by atoms with Crippen LogP contribution < -0.4 is 15.2 Å². The quantitative estimate of drug-likeness (QED) is 0.833. The van der Waals surface area contributed by atoms with Crippen molar-refractivity contribution in [3.63, 3.8) is 0 Å². The number of nitrogens with two attached hydrogens (primary N) is 1. The van der Waals surface area contributed by atoms with Crippen LogP contribution in [0.2, 0.25) is 0 Å². The summed E-state index contributed by atoms with van der Waals surface area (Å²) in [6.45, 7) is 1.12. The van der Waals surface area contributed by atoms with Crippen LogP contribution in [0.15, 0.2) is 40.6 Å². The minimum absolute atomic E-state index is 0.559. The van der Waals surface area contributed by atoms with Crippen LogP contribution in [0.3, 0.4) is 0 Å². The van der Waals surface area contributed by atoms with Gasteiger partial charge in [0, 0.05) is 35.1 Å². The largest absolute Gasteiger partial charge is 0.486 e. The van der Waals surface area contributed by atoms with Crippen molar-refractivity contribution in [2.45, 2.75) is 9.92 Å². The maximum atomic E-state index is 5.99. The third-order valence-corrected chi connectivity index (χ3v) is 3.42. The van der Waals surface area contributed by atoms with Crippen LogP contribution in [0.5, 0.6) is 11.5 Å². The fraction of sp³-hybridized carbons (Fsp3) is 0.167.